The fourth-order valence-electron chi connectivity index (χ4n) is 14.6. The van der Waals surface area contributed by atoms with Gasteiger partial charge in [0.25, 0.3) is 5.79 Å². The summed E-state index contributed by atoms with van der Waals surface area (Å²) in [5.41, 5.74) is 0. The first-order valence-electron chi connectivity index (χ1n) is 35.9. The number of carboxylic acid groups (broad SMARTS) is 1. The highest BCUT2D eigenvalue weighted by Gasteiger charge is 2.64. The first-order valence-corrected chi connectivity index (χ1v) is 35.9. The lowest BCUT2D eigenvalue weighted by Crippen LogP contribution is -2.72. The summed E-state index contributed by atoms with van der Waals surface area (Å²) in [7, 11) is 0. The average Bonchev–Trinajstić information content (AvgIpc) is 0.741. The average molecular weight is 1680 g/mol. The third kappa shape index (κ3) is 20.0. The summed E-state index contributed by atoms with van der Waals surface area (Å²) in [5.74, 6) is -7.47. The first kappa shape index (κ1) is 94.4. The first-order chi connectivity index (χ1) is 53.8. The fraction of sp³-hybridized carbons (Fsp3) is 0.952. The molecule has 47 atom stereocenters. The minimum atomic E-state index is -3.37. The summed E-state index contributed by atoms with van der Waals surface area (Å²) in [6, 6.07) is -3.90. The molecule has 9 aliphatic heterocycles. The molecule has 32 N–H and O–H groups in total. The molecule has 9 aliphatic rings. The van der Waals surface area contributed by atoms with E-state index in [0.717, 1.165) is 13.8 Å². The van der Waals surface area contributed by atoms with Gasteiger partial charge in [-0.05, 0) is 0 Å². The Morgan fingerprint density at radius 2 is 0.649 bits per heavy atom. The van der Waals surface area contributed by atoms with Crippen LogP contribution in [-0.2, 0) is 94.9 Å². The zero-order valence-electron chi connectivity index (χ0n) is 60.2. The lowest BCUT2D eigenvalue weighted by atomic mass is 9.91. The smallest absolute Gasteiger partial charge is 0.364 e. The number of aliphatic hydroxyl groups excluding tert-OH is 28. The normalized spacial score (nSPS) is 49.2. The molecule has 0 aromatic heterocycles. The van der Waals surface area contributed by atoms with E-state index in [1.54, 1.807) is 0 Å². The summed E-state index contributed by atoms with van der Waals surface area (Å²) >= 11 is 0. The van der Waals surface area contributed by atoms with Gasteiger partial charge >= 0.3 is 5.97 Å². The van der Waals surface area contributed by atoms with Crippen molar-refractivity contribution in [3.63, 3.8) is 0 Å². The number of hydrogen-bond donors (Lipinski definition) is 32. The van der Waals surface area contributed by atoms with Crippen LogP contribution in [0.2, 0.25) is 0 Å². The molecular weight excluding hydrogens is 1570 g/mol. The van der Waals surface area contributed by atoms with Gasteiger partial charge in [-0.25, -0.2) is 4.79 Å². The molecule has 52 nitrogen and oxygen atoms in total. The van der Waals surface area contributed by atoms with Crippen molar-refractivity contribution in [1.29, 1.82) is 0 Å². The Morgan fingerprint density at radius 1 is 0.325 bits per heavy atom. The number of aliphatic hydroxyl groups is 29. The van der Waals surface area contributed by atoms with E-state index in [-0.39, 0.29) is 0 Å². The molecule has 9 fully saturated rings. The second kappa shape index (κ2) is 40.5. The number of hydrogen-bond acceptors (Lipinski definition) is 49. The van der Waals surface area contributed by atoms with Crippen LogP contribution < -0.4 is 10.6 Å². The van der Waals surface area contributed by atoms with Crippen molar-refractivity contribution in [1.82, 2.24) is 10.6 Å². The number of nitrogens with one attached hydrogen (secondary N) is 2. The van der Waals surface area contributed by atoms with Crippen LogP contribution in [0.25, 0.3) is 0 Å². The maximum Gasteiger partial charge on any atom is 0.364 e. The van der Waals surface area contributed by atoms with Gasteiger partial charge in [0.15, 0.2) is 50.3 Å². The lowest BCUT2D eigenvalue weighted by molar-refractivity contribution is -0.421. The second-order valence-corrected chi connectivity index (χ2v) is 28.6. The van der Waals surface area contributed by atoms with Crippen molar-refractivity contribution in [3.05, 3.63) is 0 Å². The largest absolute Gasteiger partial charge is 0.477 e. The molecular formula is C62H104N2O50. The van der Waals surface area contributed by atoms with Crippen molar-refractivity contribution in [2.24, 2.45) is 0 Å². The van der Waals surface area contributed by atoms with E-state index in [2.05, 4.69) is 10.6 Å². The molecule has 52 heteroatoms. The third-order valence-corrected chi connectivity index (χ3v) is 20.8. The molecule has 0 radical (unpaired) electrons. The Hall–Kier alpha value is -3.43. The molecule has 0 unspecified atom stereocenters. The minimum absolute atomic E-state index is 0.891. The predicted octanol–water partition coefficient (Wildman–Crippen LogP) is -21.8. The molecule has 0 bridgehead atoms. The molecule has 2 amide bonds. The van der Waals surface area contributed by atoms with Gasteiger partial charge in [-0.1, -0.05) is 0 Å². The van der Waals surface area contributed by atoms with Crippen LogP contribution >= 0.6 is 0 Å². The number of ether oxygens (including phenoxy) is 17. The van der Waals surface area contributed by atoms with Crippen LogP contribution in [0.3, 0.4) is 0 Å². The molecule has 9 heterocycles. The number of rotatable bonds is 31. The maximum atomic E-state index is 12.9. The number of amides is 2. The molecule has 9 rings (SSSR count). The summed E-state index contributed by atoms with van der Waals surface area (Å²) in [6.45, 7) is -9.30. The van der Waals surface area contributed by atoms with Crippen LogP contribution in [0.4, 0.5) is 0 Å². The van der Waals surface area contributed by atoms with Gasteiger partial charge in [0, 0.05) is 20.3 Å². The van der Waals surface area contributed by atoms with Crippen molar-refractivity contribution in [2.45, 2.75) is 308 Å². The molecule has 9 saturated heterocycles. The maximum absolute atomic E-state index is 12.9. The Bertz CT molecular complexity index is 3000. The molecule has 662 valence electrons. The van der Waals surface area contributed by atoms with E-state index >= 15 is 0 Å². The summed E-state index contributed by atoms with van der Waals surface area (Å²) in [6.07, 6.45) is -102. The SMILES string of the molecule is CC(=O)N[C@H]1[C@H](O[C@H]2[C@@H](O)[C@@H](CO)O[C@@H](O[C@H]3[C@H](O)[C@@H](O)[C@H](O[C@H]4[C@H](O[C@H]5O[C@H]([C@@H](O)CO)[C@@H](O)[C@H](O[C@H]6O[C@H](CO)[C@@H](O)[C@H](O)[C@H]6O)[C@@H]5O[C@@H]5O[C@H](CO)[C@@H](O)[C@H](O)[C@H]5NC(C)=O)[C@H](O)[C@@H](O[C@H]5[C@@H]([C@H](O)CO)O[C@@](O)(C(=O)O)C[C@H]5O)O[C@@H]4[C@@H](O)CO)O[C@@H]3CO)[C@@H]2O)O[C@H](CO)[C@@H](O[C@@H]2O[C@H](CO)[C@H](O)[C@H](O)[C@H]2O)[C@@H]1O. The standard InChI is InChI=1S/C62H104N2O50/c1-13(74)63-25-31(84)27(80)19(7-68)98-53(25)113-52-49(110-56-37(90)34(87)29(82)21(9-70)100-56)39(92)42(16(77)4-65)104-60(52)111-50-41(94)59(105-43-15(76)3-62(97,61(95)96)114-45(43)18(79)6-67)106-44(17(78)5-66)51(50)112-57-38(91)35(88)47(24(12-73)103-57)108-58-40(93)48(30(83)22(10-71)101-58)109-54-26(64-14(2)75)32(85)46(23(11-72)102-54)107-55-36(89)33(86)28(81)20(8-69)99-55/h15-60,65-73,76-94,97H,3-12H2,1-2H3,(H,63,74)(H,64,75)(H,95,96)/t15-,16+,17+,18-,19-,20-,21-,22-,23-,24-,25-,26-,27-,28+,29-,30+,31-,32-,33+,34+,35-,36-,37-,38-,39-,40-,41+,42-,43-,44-,45-,46-,47-,48+,49+,50-,51-,52+,53+,54+,55+,56-,57+,58+,59+,60-,62-/m1/s1. The number of carbonyl (C=O) groups is 3. The van der Waals surface area contributed by atoms with E-state index in [1.165, 1.54) is 0 Å². The van der Waals surface area contributed by atoms with Gasteiger partial charge in [0.05, 0.1) is 65.6 Å². The van der Waals surface area contributed by atoms with Gasteiger partial charge in [0.2, 0.25) is 11.8 Å². The molecule has 0 aromatic rings. The molecule has 114 heavy (non-hydrogen) atoms. The van der Waals surface area contributed by atoms with Crippen LogP contribution in [-0.4, -0.2) is 518 Å². The van der Waals surface area contributed by atoms with E-state index in [0.29, 0.717) is 0 Å². The minimum Gasteiger partial charge on any atom is -0.477 e. The van der Waals surface area contributed by atoms with Gasteiger partial charge in [0.1, 0.15) is 226 Å². The summed E-state index contributed by atoms with van der Waals surface area (Å²) in [5, 5.41) is 337. The highest BCUT2D eigenvalue weighted by molar-refractivity contribution is 5.75. The zero-order valence-corrected chi connectivity index (χ0v) is 60.2. The Balaban J connectivity index is 1.08. The molecule has 0 spiro atoms. The predicted molar refractivity (Wildman–Crippen MR) is 343 cm³/mol. The van der Waals surface area contributed by atoms with Gasteiger partial charge in [-0.2, -0.15) is 0 Å². The topological polar surface area (TPSA) is 839 Å². The van der Waals surface area contributed by atoms with Crippen molar-refractivity contribution >= 4 is 17.8 Å². The number of carboxylic acids is 1. The Kier molecular flexibility index (Phi) is 33.5. The highest BCUT2D eigenvalue weighted by Crippen LogP contribution is 2.43. The van der Waals surface area contributed by atoms with Crippen LogP contribution in [0.1, 0.15) is 20.3 Å². The van der Waals surface area contributed by atoms with Crippen LogP contribution in [0, 0.1) is 0 Å². The van der Waals surface area contributed by atoms with Crippen LogP contribution in [0.15, 0.2) is 0 Å². The quantitative estimate of drug-likeness (QED) is 0.0306. The lowest BCUT2D eigenvalue weighted by Gasteiger charge is -2.53. The summed E-state index contributed by atoms with van der Waals surface area (Å²) in [4.78, 5) is 37.8. The molecule has 0 aromatic carbocycles. The number of aliphatic carboxylic acids is 1. The van der Waals surface area contributed by atoms with E-state index in [4.69, 9.17) is 80.5 Å². The third-order valence-electron chi connectivity index (χ3n) is 20.8. The summed E-state index contributed by atoms with van der Waals surface area (Å²) < 4.78 is 100. The van der Waals surface area contributed by atoms with Crippen LogP contribution in [0.5, 0.6) is 0 Å². The van der Waals surface area contributed by atoms with Crippen molar-refractivity contribution in [2.75, 3.05) is 59.5 Å². The van der Waals surface area contributed by atoms with E-state index < -0.39 is 372 Å². The highest BCUT2D eigenvalue weighted by atomic mass is 16.8. The fourth-order valence-corrected chi connectivity index (χ4v) is 14.6. The van der Waals surface area contributed by atoms with Gasteiger partial charge in [-0.15, -0.1) is 0 Å². The van der Waals surface area contributed by atoms with E-state index in [1.807, 2.05) is 0 Å². The Labute approximate surface area is 642 Å². The van der Waals surface area contributed by atoms with Gasteiger partial charge in [-0.3, -0.25) is 9.59 Å². The van der Waals surface area contributed by atoms with E-state index in [9.17, 15) is 168 Å². The molecule has 0 aliphatic carbocycles. The molecule has 0 saturated carbocycles. The zero-order chi connectivity index (χ0) is 84.3. The monoisotopic (exact) mass is 1680 g/mol. The Morgan fingerprint density at radius 3 is 1.12 bits per heavy atom. The van der Waals surface area contributed by atoms with Crippen molar-refractivity contribution < 1.29 is 248 Å². The van der Waals surface area contributed by atoms with Crippen molar-refractivity contribution in [3.8, 4) is 0 Å². The van der Waals surface area contributed by atoms with Gasteiger partial charge < -0.3 is 244 Å². The number of carbonyl (C=O) groups excluding carboxylic acids is 2. The second-order valence-electron chi connectivity index (χ2n) is 28.6.